The number of hydrogen-bond acceptors (Lipinski definition) is 3. The Labute approximate surface area is 131 Å². The fourth-order valence-corrected chi connectivity index (χ4v) is 2.26. The van der Waals surface area contributed by atoms with E-state index in [0.717, 1.165) is 23.4 Å². The zero-order chi connectivity index (χ0) is 15.9. The van der Waals surface area contributed by atoms with Gasteiger partial charge in [-0.3, -0.25) is 9.78 Å². The van der Waals surface area contributed by atoms with Crippen molar-refractivity contribution >= 4 is 23.4 Å². The van der Waals surface area contributed by atoms with Crippen molar-refractivity contribution in [3.05, 3.63) is 59.4 Å². The monoisotopic (exact) mass is 295 g/mol. The van der Waals surface area contributed by atoms with Crippen LogP contribution in [-0.4, -0.2) is 17.9 Å². The van der Waals surface area contributed by atoms with Crippen LogP contribution in [0.4, 0.5) is 11.4 Å². The summed E-state index contributed by atoms with van der Waals surface area (Å²) in [6.07, 6.45) is 7.64. The molecule has 0 aliphatic heterocycles. The van der Waals surface area contributed by atoms with Gasteiger partial charge in [-0.15, -0.1) is 0 Å². The van der Waals surface area contributed by atoms with Crippen LogP contribution in [0.25, 0.3) is 6.08 Å². The van der Waals surface area contributed by atoms with Gasteiger partial charge in [0, 0.05) is 25.5 Å². The van der Waals surface area contributed by atoms with Gasteiger partial charge in [-0.2, -0.15) is 0 Å². The van der Waals surface area contributed by atoms with Crippen LogP contribution in [0.5, 0.6) is 0 Å². The lowest BCUT2D eigenvalue weighted by atomic mass is 10.0. The number of carbonyl (C=O) groups is 1. The highest BCUT2D eigenvalue weighted by Crippen LogP contribution is 2.26. The van der Waals surface area contributed by atoms with Gasteiger partial charge in [0.25, 0.3) is 0 Å². The van der Waals surface area contributed by atoms with Crippen LogP contribution in [0, 0.1) is 6.92 Å². The molecule has 0 unspecified atom stereocenters. The van der Waals surface area contributed by atoms with Crippen molar-refractivity contribution in [1.29, 1.82) is 0 Å². The predicted molar refractivity (Wildman–Crippen MR) is 92.0 cm³/mol. The molecule has 2 N–H and O–H groups in total. The minimum Gasteiger partial charge on any atom is -0.386 e. The zero-order valence-corrected chi connectivity index (χ0v) is 13.2. The van der Waals surface area contributed by atoms with E-state index >= 15 is 0 Å². The van der Waals surface area contributed by atoms with Gasteiger partial charge in [0.05, 0.1) is 11.4 Å². The molecule has 2 aromatic rings. The number of carbonyl (C=O) groups excluding carboxylic acids is 1. The van der Waals surface area contributed by atoms with E-state index in [0.29, 0.717) is 0 Å². The van der Waals surface area contributed by atoms with Gasteiger partial charge in [-0.1, -0.05) is 13.0 Å². The Kier molecular flexibility index (Phi) is 5.31. The Bertz CT molecular complexity index is 678. The molecule has 0 radical (unpaired) electrons. The van der Waals surface area contributed by atoms with E-state index in [4.69, 9.17) is 0 Å². The molecular formula is C18H21N3O. The Balaban J connectivity index is 2.14. The van der Waals surface area contributed by atoms with Crippen molar-refractivity contribution in [1.82, 2.24) is 4.98 Å². The minimum absolute atomic E-state index is 0.163. The van der Waals surface area contributed by atoms with E-state index in [2.05, 4.69) is 35.5 Å². The number of hydrogen-bond donors (Lipinski definition) is 2. The fourth-order valence-electron chi connectivity index (χ4n) is 2.26. The number of pyridine rings is 1. The van der Waals surface area contributed by atoms with Crippen LogP contribution in [-0.2, 0) is 11.2 Å². The second kappa shape index (κ2) is 7.41. The quantitative estimate of drug-likeness (QED) is 0.828. The Morgan fingerprint density at radius 2 is 2.14 bits per heavy atom. The number of nitrogens with one attached hydrogen (secondary N) is 2. The van der Waals surface area contributed by atoms with E-state index in [9.17, 15) is 4.79 Å². The molecule has 1 heterocycles. The van der Waals surface area contributed by atoms with E-state index in [1.165, 1.54) is 17.2 Å². The standard InChI is InChI=1S/C18H21N3O/c1-4-15-11-16(19-3)17(10-13(15)2)21-18(22)8-7-14-6-5-9-20-12-14/h5-12,19H,4H2,1-3H3,(H,21,22)/b8-7+. The normalized spacial score (nSPS) is 10.7. The van der Waals surface area contributed by atoms with E-state index < -0.39 is 0 Å². The maximum absolute atomic E-state index is 12.1. The summed E-state index contributed by atoms with van der Waals surface area (Å²) in [4.78, 5) is 16.1. The number of anilines is 2. The van der Waals surface area contributed by atoms with E-state index in [1.807, 2.05) is 25.2 Å². The molecule has 2 rings (SSSR count). The lowest BCUT2D eigenvalue weighted by Gasteiger charge is -2.13. The SMILES string of the molecule is CCc1cc(NC)c(NC(=O)/C=C/c2cccnc2)cc1C. The molecule has 0 spiro atoms. The zero-order valence-electron chi connectivity index (χ0n) is 13.2. The third-order valence-electron chi connectivity index (χ3n) is 3.50. The van der Waals surface area contributed by atoms with Crippen LogP contribution in [0.2, 0.25) is 0 Å². The average molecular weight is 295 g/mol. The summed E-state index contributed by atoms with van der Waals surface area (Å²) in [6, 6.07) is 7.82. The van der Waals surface area contributed by atoms with Crippen LogP contribution in [0.3, 0.4) is 0 Å². The van der Waals surface area contributed by atoms with Gasteiger partial charge < -0.3 is 10.6 Å². The van der Waals surface area contributed by atoms with Crippen LogP contribution in [0.1, 0.15) is 23.6 Å². The van der Waals surface area contributed by atoms with Crippen molar-refractivity contribution < 1.29 is 4.79 Å². The Morgan fingerprint density at radius 3 is 2.77 bits per heavy atom. The largest absolute Gasteiger partial charge is 0.386 e. The van der Waals surface area contributed by atoms with Crippen molar-refractivity contribution in [2.45, 2.75) is 20.3 Å². The maximum Gasteiger partial charge on any atom is 0.248 e. The van der Waals surface area contributed by atoms with Crippen LogP contribution < -0.4 is 10.6 Å². The highest BCUT2D eigenvalue weighted by molar-refractivity contribution is 6.03. The summed E-state index contributed by atoms with van der Waals surface area (Å²) < 4.78 is 0. The first kappa shape index (κ1) is 15.8. The molecule has 0 aliphatic rings. The molecule has 22 heavy (non-hydrogen) atoms. The van der Waals surface area contributed by atoms with Crippen LogP contribution >= 0.6 is 0 Å². The van der Waals surface area contributed by atoms with Gasteiger partial charge in [0.15, 0.2) is 0 Å². The summed E-state index contributed by atoms with van der Waals surface area (Å²) in [7, 11) is 1.85. The summed E-state index contributed by atoms with van der Waals surface area (Å²) in [6.45, 7) is 4.18. The molecule has 0 atom stereocenters. The average Bonchev–Trinajstić information content (AvgIpc) is 2.54. The van der Waals surface area contributed by atoms with Gasteiger partial charge >= 0.3 is 0 Å². The Morgan fingerprint density at radius 1 is 1.32 bits per heavy atom. The third-order valence-corrected chi connectivity index (χ3v) is 3.50. The van der Waals surface area contributed by atoms with E-state index in [-0.39, 0.29) is 5.91 Å². The summed E-state index contributed by atoms with van der Waals surface area (Å²) in [5.41, 5.74) is 5.05. The highest BCUT2D eigenvalue weighted by atomic mass is 16.1. The van der Waals surface area contributed by atoms with Gasteiger partial charge in [0.1, 0.15) is 0 Å². The summed E-state index contributed by atoms with van der Waals surface area (Å²) in [5.74, 6) is -0.163. The van der Waals surface area contributed by atoms with Crippen molar-refractivity contribution in [2.24, 2.45) is 0 Å². The molecule has 1 amide bonds. The number of nitrogens with zero attached hydrogens (tertiary/aromatic N) is 1. The lowest BCUT2D eigenvalue weighted by Crippen LogP contribution is -2.10. The fraction of sp³-hybridized carbons (Fsp3) is 0.222. The van der Waals surface area contributed by atoms with Crippen molar-refractivity contribution in [3.63, 3.8) is 0 Å². The first-order valence-electron chi connectivity index (χ1n) is 7.34. The lowest BCUT2D eigenvalue weighted by molar-refractivity contribution is -0.111. The molecular weight excluding hydrogens is 274 g/mol. The molecule has 4 nitrogen and oxygen atoms in total. The van der Waals surface area contributed by atoms with Gasteiger partial charge in [-0.25, -0.2) is 0 Å². The topological polar surface area (TPSA) is 54.0 Å². The predicted octanol–water partition coefficient (Wildman–Crippen LogP) is 3.65. The minimum atomic E-state index is -0.163. The molecule has 1 aromatic carbocycles. The van der Waals surface area contributed by atoms with Crippen LogP contribution in [0.15, 0.2) is 42.7 Å². The molecule has 0 bridgehead atoms. The second-order valence-electron chi connectivity index (χ2n) is 5.04. The molecule has 1 aromatic heterocycles. The molecule has 0 saturated heterocycles. The van der Waals surface area contributed by atoms with Gasteiger partial charge in [0.2, 0.25) is 5.91 Å². The smallest absolute Gasteiger partial charge is 0.248 e. The molecule has 0 saturated carbocycles. The van der Waals surface area contributed by atoms with Gasteiger partial charge in [-0.05, 0) is 54.3 Å². The first-order chi connectivity index (χ1) is 10.6. The number of aromatic nitrogens is 1. The Hall–Kier alpha value is -2.62. The molecule has 114 valence electrons. The number of aryl methyl sites for hydroxylation is 2. The number of rotatable bonds is 5. The van der Waals surface area contributed by atoms with Crippen molar-refractivity contribution in [2.75, 3.05) is 17.7 Å². The second-order valence-corrected chi connectivity index (χ2v) is 5.04. The number of amides is 1. The first-order valence-corrected chi connectivity index (χ1v) is 7.34. The van der Waals surface area contributed by atoms with E-state index in [1.54, 1.807) is 18.5 Å². The summed E-state index contributed by atoms with van der Waals surface area (Å²) in [5, 5.41) is 6.04. The molecule has 4 heteroatoms. The maximum atomic E-state index is 12.1. The molecule has 0 aliphatic carbocycles. The molecule has 0 fully saturated rings. The number of benzene rings is 1. The van der Waals surface area contributed by atoms with Crippen molar-refractivity contribution in [3.8, 4) is 0 Å². The summed E-state index contributed by atoms with van der Waals surface area (Å²) >= 11 is 0. The third kappa shape index (κ3) is 3.95. The highest BCUT2D eigenvalue weighted by Gasteiger charge is 2.07.